The zero-order chi connectivity index (χ0) is 21.0. The van der Waals surface area contributed by atoms with Gasteiger partial charge in [0.05, 0.1) is 26.3 Å². The summed E-state index contributed by atoms with van der Waals surface area (Å²) in [7, 11) is 1.04. The number of ether oxygens (including phenoxy) is 2. The molecule has 10 heteroatoms. The SMILES string of the molecule is COc1cccc(C(=O)N2C[C@H]3C[C@H]4[C@](C2)(CN(CC(=O)N(C)C)S4(=O)=O)O3)c1. The van der Waals surface area contributed by atoms with E-state index in [2.05, 4.69) is 0 Å². The van der Waals surface area contributed by atoms with Gasteiger partial charge < -0.3 is 19.3 Å². The molecule has 0 unspecified atom stereocenters. The van der Waals surface area contributed by atoms with Gasteiger partial charge in [-0.3, -0.25) is 9.59 Å². The standard InChI is InChI=1S/C19H25N3O6S/c1-20(2)17(23)10-22-12-19-11-21(9-15(28-19)8-16(19)29(22,25)26)18(24)13-5-4-6-14(7-13)27-3/h4-7,15-16H,8-12H2,1-3H3/t15-,16+,19+/m1/s1. The second kappa shape index (κ2) is 6.96. The topological polar surface area (TPSA) is 96.5 Å². The summed E-state index contributed by atoms with van der Waals surface area (Å²) >= 11 is 0. The summed E-state index contributed by atoms with van der Waals surface area (Å²) in [5.41, 5.74) is -0.512. The molecule has 3 saturated heterocycles. The Bertz CT molecular complexity index is 949. The van der Waals surface area contributed by atoms with E-state index < -0.39 is 20.9 Å². The predicted octanol–water partition coefficient (Wildman–Crippen LogP) is -0.219. The lowest BCUT2D eigenvalue weighted by molar-refractivity contribution is -0.130. The summed E-state index contributed by atoms with van der Waals surface area (Å²) in [6, 6.07) is 6.89. The van der Waals surface area contributed by atoms with E-state index in [1.165, 1.54) is 16.3 Å². The van der Waals surface area contributed by atoms with Crippen molar-refractivity contribution in [1.82, 2.24) is 14.1 Å². The average molecular weight is 423 g/mol. The smallest absolute Gasteiger partial charge is 0.254 e. The highest BCUT2D eigenvalue weighted by molar-refractivity contribution is 7.90. The molecule has 0 aromatic heterocycles. The molecule has 3 heterocycles. The summed E-state index contributed by atoms with van der Waals surface area (Å²) < 4.78 is 38.6. The Hall–Kier alpha value is -2.17. The van der Waals surface area contributed by atoms with Crippen LogP contribution in [0.2, 0.25) is 0 Å². The number of methoxy groups -OCH3 is 1. The van der Waals surface area contributed by atoms with Gasteiger partial charge in [-0.25, -0.2) is 8.42 Å². The normalized spacial score (nSPS) is 30.1. The zero-order valence-corrected chi connectivity index (χ0v) is 17.5. The minimum Gasteiger partial charge on any atom is -0.497 e. The highest BCUT2D eigenvalue weighted by atomic mass is 32.2. The maximum atomic E-state index is 13.1. The Balaban J connectivity index is 1.58. The van der Waals surface area contributed by atoms with E-state index in [9.17, 15) is 18.0 Å². The maximum Gasteiger partial charge on any atom is 0.254 e. The van der Waals surface area contributed by atoms with Crippen LogP contribution in [0.5, 0.6) is 5.75 Å². The Morgan fingerprint density at radius 3 is 2.76 bits per heavy atom. The summed E-state index contributed by atoms with van der Waals surface area (Å²) in [6.45, 7) is 0.389. The molecule has 3 aliphatic heterocycles. The lowest BCUT2D eigenvalue weighted by Gasteiger charge is -2.39. The highest BCUT2D eigenvalue weighted by Gasteiger charge is 2.65. The molecule has 0 saturated carbocycles. The van der Waals surface area contributed by atoms with Crippen molar-refractivity contribution in [3.05, 3.63) is 29.8 Å². The van der Waals surface area contributed by atoms with Crippen molar-refractivity contribution in [2.24, 2.45) is 0 Å². The van der Waals surface area contributed by atoms with Gasteiger partial charge in [0.15, 0.2) is 0 Å². The third-order valence-electron chi connectivity index (χ3n) is 5.93. The average Bonchev–Trinajstić information content (AvgIpc) is 3.06. The predicted molar refractivity (Wildman–Crippen MR) is 104 cm³/mol. The van der Waals surface area contributed by atoms with Crippen LogP contribution in [0, 0.1) is 0 Å². The molecule has 0 aliphatic carbocycles. The van der Waals surface area contributed by atoms with Crippen molar-refractivity contribution in [2.75, 3.05) is 47.4 Å². The highest BCUT2D eigenvalue weighted by Crippen LogP contribution is 2.46. The van der Waals surface area contributed by atoms with Gasteiger partial charge in [0, 0.05) is 32.7 Å². The number of likely N-dealkylation sites (N-methyl/N-ethyl adjacent to an activating group) is 1. The molecule has 3 fully saturated rings. The van der Waals surface area contributed by atoms with Gasteiger partial charge in [-0.05, 0) is 24.6 Å². The van der Waals surface area contributed by atoms with Crippen molar-refractivity contribution in [1.29, 1.82) is 0 Å². The first-order chi connectivity index (χ1) is 13.7. The number of hydrogen-bond acceptors (Lipinski definition) is 6. The first-order valence-corrected chi connectivity index (χ1v) is 11.0. The van der Waals surface area contributed by atoms with Gasteiger partial charge in [0.2, 0.25) is 15.9 Å². The number of nitrogens with zero attached hydrogens (tertiary/aromatic N) is 3. The third-order valence-corrected chi connectivity index (χ3v) is 8.24. The summed E-state index contributed by atoms with van der Waals surface area (Å²) in [4.78, 5) is 28.2. The molecule has 1 spiro atoms. The van der Waals surface area contributed by atoms with Gasteiger partial charge in [0.1, 0.15) is 16.6 Å². The molecule has 158 valence electrons. The zero-order valence-electron chi connectivity index (χ0n) is 16.7. The minimum absolute atomic E-state index is 0.0813. The molecule has 3 aliphatic rings. The second-order valence-corrected chi connectivity index (χ2v) is 10.2. The molecule has 0 radical (unpaired) electrons. The molecule has 2 amide bonds. The van der Waals surface area contributed by atoms with E-state index in [0.29, 0.717) is 24.3 Å². The summed E-state index contributed by atoms with van der Waals surface area (Å²) in [5, 5.41) is -0.738. The number of sulfonamides is 1. The Morgan fingerprint density at radius 1 is 1.31 bits per heavy atom. The number of fused-ring (bicyclic) bond motifs is 1. The second-order valence-electron chi connectivity index (χ2n) is 8.05. The van der Waals surface area contributed by atoms with E-state index in [1.807, 2.05) is 0 Å². The molecule has 4 rings (SSSR count). The first-order valence-electron chi connectivity index (χ1n) is 9.46. The molecule has 1 aromatic rings. The monoisotopic (exact) mass is 423 g/mol. The van der Waals surface area contributed by atoms with Crippen LogP contribution in [0.3, 0.4) is 0 Å². The number of likely N-dealkylation sites (tertiary alicyclic amines) is 1. The fraction of sp³-hybridized carbons (Fsp3) is 0.579. The van der Waals surface area contributed by atoms with Gasteiger partial charge in [-0.1, -0.05) is 6.07 Å². The Labute approximate surface area is 170 Å². The van der Waals surface area contributed by atoms with Crippen LogP contribution in [0.25, 0.3) is 0 Å². The number of hydrogen-bond donors (Lipinski definition) is 0. The van der Waals surface area contributed by atoms with Crippen LogP contribution in [0.1, 0.15) is 16.8 Å². The van der Waals surface area contributed by atoms with E-state index >= 15 is 0 Å². The number of morpholine rings is 1. The van der Waals surface area contributed by atoms with Crippen molar-refractivity contribution in [3.8, 4) is 5.75 Å². The summed E-state index contributed by atoms with van der Waals surface area (Å²) in [5.74, 6) is 0.110. The fourth-order valence-corrected chi connectivity index (χ4v) is 6.73. The van der Waals surface area contributed by atoms with Gasteiger partial charge in [0.25, 0.3) is 5.91 Å². The van der Waals surface area contributed by atoms with Gasteiger partial charge in [-0.15, -0.1) is 0 Å². The minimum atomic E-state index is -3.68. The van der Waals surface area contributed by atoms with Crippen LogP contribution >= 0.6 is 0 Å². The number of benzene rings is 1. The quantitative estimate of drug-likeness (QED) is 0.664. The molecular formula is C19H25N3O6S. The molecular weight excluding hydrogens is 398 g/mol. The van der Waals surface area contributed by atoms with Crippen LogP contribution in [0.4, 0.5) is 0 Å². The largest absolute Gasteiger partial charge is 0.497 e. The first kappa shape index (κ1) is 20.1. The van der Waals surface area contributed by atoms with Gasteiger partial charge in [-0.2, -0.15) is 4.31 Å². The van der Waals surface area contributed by atoms with Crippen molar-refractivity contribution < 1.29 is 27.5 Å². The number of carbonyl (C=O) groups excluding carboxylic acids is 2. The molecule has 9 nitrogen and oxygen atoms in total. The maximum absolute atomic E-state index is 13.1. The van der Waals surface area contributed by atoms with Crippen LogP contribution in [-0.2, 0) is 19.6 Å². The third kappa shape index (κ3) is 3.28. The number of amides is 2. The van der Waals surface area contributed by atoms with Crippen molar-refractivity contribution >= 4 is 21.8 Å². The molecule has 0 N–H and O–H groups in total. The molecule has 3 atom stereocenters. The molecule has 2 bridgehead atoms. The fourth-order valence-electron chi connectivity index (χ4n) is 4.48. The Morgan fingerprint density at radius 2 is 2.07 bits per heavy atom. The van der Waals surface area contributed by atoms with Crippen LogP contribution in [0.15, 0.2) is 24.3 Å². The summed E-state index contributed by atoms with van der Waals surface area (Å²) in [6.07, 6.45) is 0.00133. The molecule has 29 heavy (non-hydrogen) atoms. The van der Waals surface area contributed by atoms with Crippen LogP contribution in [-0.4, -0.2) is 98.7 Å². The van der Waals surface area contributed by atoms with Crippen LogP contribution < -0.4 is 4.74 Å². The van der Waals surface area contributed by atoms with E-state index in [4.69, 9.17) is 9.47 Å². The van der Waals surface area contributed by atoms with E-state index in [-0.39, 0.29) is 37.6 Å². The lowest BCUT2D eigenvalue weighted by Crippen LogP contribution is -2.56. The van der Waals surface area contributed by atoms with Crippen molar-refractivity contribution in [3.63, 3.8) is 0 Å². The number of carbonyl (C=O) groups is 2. The molecule has 1 aromatic carbocycles. The van der Waals surface area contributed by atoms with Crippen molar-refractivity contribution in [2.45, 2.75) is 23.4 Å². The number of rotatable bonds is 4. The van der Waals surface area contributed by atoms with E-state index in [1.54, 1.807) is 43.3 Å². The lowest BCUT2D eigenvalue weighted by atomic mass is 9.99. The van der Waals surface area contributed by atoms with Gasteiger partial charge >= 0.3 is 0 Å². The van der Waals surface area contributed by atoms with E-state index in [0.717, 1.165) is 0 Å². The Kier molecular flexibility index (Phi) is 4.83.